The molecule has 2 amide bonds. The fourth-order valence-electron chi connectivity index (χ4n) is 2.05. The number of rotatable bonds is 6. The summed E-state index contributed by atoms with van der Waals surface area (Å²) in [6.45, 7) is 8.31. The summed E-state index contributed by atoms with van der Waals surface area (Å²) in [5.41, 5.74) is 0.935. The summed E-state index contributed by atoms with van der Waals surface area (Å²) in [4.78, 5) is 16.9. The topological polar surface area (TPSA) is 61.4 Å². The Morgan fingerprint density at radius 1 is 1.35 bits per heavy atom. The van der Waals surface area contributed by atoms with Crippen molar-refractivity contribution in [3.8, 4) is 0 Å². The number of hydrogen-bond donors (Lipinski definition) is 1. The van der Waals surface area contributed by atoms with Crippen molar-refractivity contribution in [3.63, 3.8) is 0 Å². The Bertz CT molecular complexity index is 444. The molecule has 114 valence electrons. The molecular weight excluding hydrogens is 274 g/mol. The van der Waals surface area contributed by atoms with Crippen molar-refractivity contribution in [1.29, 1.82) is 0 Å². The number of aromatic nitrogens is 2. The number of aryl methyl sites for hydroxylation is 1. The third-order valence-electron chi connectivity index (χ3n) is 2.94. The van der Waals surface area contributed by atoms with Gasteiger partial charge in [-0.2, -0.15) is 0 Å². The van der Waals surface area contributed by atoms with Crippen LogP contribution in [0.4, 0.5) is 4.79 Å². The van der Waals surface area contributed by atoms with Gasteiger partial charge in [-0.05, 0) is 38.0 Å². The molecule has 7 heteroatoms. The van der Waals surface area contributed by atoms with Gasteiger partial charge in [0, 0.05) is 20.1 Å². The van der Waals surface area contributed by atoms with E-state index >= 15 is 0 Å². The summed E-state index contributed by atoms with van der Waals surface area (Å²) in [6.07, 6.45) is 0. The highest BCUT2D eigenvalue weighted by Crippen LogP contribution is 2.15. The molecule has 0 aliphatic heterocycles. The van der Waals surface area contributed by atoms with Crippen LogP contribution in [0.2, 0.25) is 0 Å². The van der Waals surface area contributed by atoms with Crippen LogP contribution in [0.3, 0.4) is 0 Å². The molecule has 1 rings (SSSR count). The van der Waals surface area contributed by atoms with Crippen molar-refractivity contribution in [1.82, 2.24) is 24.7 Å². The maximum atomic E-state index is 12.1. The van der Waals surface area contributed by atoms with Gasteiger partial charge in [-0.15, -0.1) is 5.10 Å². The molecule has 0 saturated heterocycles. The van der Waals surface area contributed by atoms with E-state index in [9.17, 15) is 4.79 Å². The van der Waals surface area contributed by atoms with E-state index in [1.54, 1.807) is 11.9 Å². The first kappa shape index (κ1) is 16.8. The summed E-state index contributed by atoms with van der Waals surface area (Å²) >= 11 is 1.34. The van der Waals surface area contributed by atoms with E-state index in [0.29, 0.717) is 13.1 Å². The average Bonchev–Trinajstić information content (AvgIpc) is 2.70. The third-order valence-corrected chi connectivity index (χ3v) is 3.74. The van der Waals surface area contributed by atoms with Crippen LogP contribution in [-0.4, -0.2) is 59.7 Å². The smallest absolute Gasteiger partial charge is 0.317 e. The summed E-state index contributed by atoms with van der Waals surface area (Å²) in [5.74, 6) is 0. The first-order chi connectivity index (χ1) is 9.21. The van der Waals surface area contributed by atoms with Crippen LogP contribution < -0.4 is 5.32 Å². The van der Waals surface area contributed by atoms with E-state index < -0.39 is 0 Å². The lowest BCUT2D eigenvalue weighted by Crippen LogP contribution is -2.44. The number of hydrogen-bond acceptors (Lipinski definition) is 5. The summed E-state index contributed by atoms with van der Waals surface area (Å²) in [7, 11) is 5.86. The van der Waals surface area contributed by atoms with E-state index in [4.69, 9.17) is 0 Å². The molecule has 0 saturated carbocycles. The number of amides is 2. The van der Waals surface area contributed by atoms with Crippen molar-refractivity contribution in [2.75, 3.05) is 34.2 Å². The largest absolute Gasteiger partial charge is 0.337 e. The van der Waals surface area contributed by atoms with Crippen LogP contribution in [0.15, 0.2) is 0 Å². The van der Waals surface area contributed by atoms with Gasteiger partial charge in [0.15, 0.2) is 0 Å². The highest BCUT2D eigenvalue weighted by Gasteiger charge is 2.21. The minimum atomic E-state index is -0.0652. The normalized spacial score (nSPS) is 11.8. The van der Waals surface area contributed by atoms with E-state index in [1.165, 1.54) is 11.5 Å². The van der Waals surface area contributed by atoms with Crippen molar-refractivity contribution < 1.29 is 4.79 Å². The molecule has 1 heterocycles. The first-order valence-corrected chi connectivity index (χ1v) is 7.40. The van der Waals surface area contributed by atoms with Crippen molar-refractivity contribution in [2.24, 2.45) is 5.41 Å². The molecule has 6 nitrogen and oxygen atoms in total. The SMILES string of the molecule is Cc1nnsc1CN(C)C(=O)NCC(C)(C)CN(C)C. The van der Waals surface area contributed by atoms with Gasteiger partial charge >= 0.3 is 6.03 Å². The molecule has 0 radical (unpaired) electrons. The van der Waals surface area contributed by atoms with Crippen molar-refractivity contribution >= 4 is 17.6 Å². The second-order valence-corrected chi connectivity index (χ2v) is 7.04. The Kier molecular flexibility index (Phi) is 5.88. The van der Waals surface area contributed by atoms with Gasteiger partial charge in [-0.3, -0.25) is 0 Å². The van der Waals surface area contributed by atoms with Gasteiger partial charge in [0.2, 0.25) is 0 Å². The van der Waals surface area contributed by atoms with Crippen LogP contribution in [0, 0.1) is 12.3 Å². The molecule has 0 spiro atoms. The zero-order valence-electron chi connectivity index (χ0n) is 13.2. The van der Waals surface area contributed by atoms with Crippen LogP contribution >= 0.6 is 11.5 Å². The lowest BCUT2D eigenvalue weighted by Gasteiger charge is -2.29. The highest BCUT2D eigenvalue weighted by molar-refractivity contribution is 7.05. The molecule has 0 aliphatic rings. The van der Waals surface area contributed by atoms with Gasteiger partial charge in [0.05, 0.1) is 17.1 Å². The van der Waals surface area contributed by atoms with Gasteiger partial charge < -0.3 is 15.1 Å². The maximum Gasteiger partial charge on any atom is 0.317 e. The van der Waals surface area contributed by atoms with E-state index in [1.807, 2.05) is 21.0 Å². The molecule has 20 heavy (non-hydrogen) atoms. The zero-order valence-corrected chi connectivity index (χ0v) is 14.0. The molecule has 1 N–H and O–H groups in total. The Morgan fingerprint density at radius 3 is 2.50 bits per heavy atom. The number of nitrogens with zero attached hydrogens (tertiary/aromatic N) is 4. The lowest BCUT2D eigenvalue weighted by atomic mass is 9.93. The van der Waals surface area contributed by atoms with E-state index in [-0.39, 0.29) is 11.4 Å². The molecule has 1 aromatic rings. The summed E-state index contributed by atoms with van der Waals surface area (Å²) in [6, 6.07) is -0.0652. The predicted octanol–water partition coefficient (Wildman–Crippen LogP) is 1.58. The third kappa shape index (κ3) is 5.42. The molecule has 0 aliphatic carbocycles. The van der Waals surface area contributed by atoms with Crippen molar-refractivity contribution in [3.05, 3.63) is 10.6 Å². The van der Waals surface area contributed by atoms with Gasteiger partial charge in [0.1, 0.15) is 0 Å². The van der Waals surface area contributed by atoms with Crippen LogP contribution in [0.25, 0.3) is 0 Å². The van der Waals surface area contributed by atoms with Gasteiger partial charge in [-0.1, -0.05) is 18.3 Å². The Balaban J connectivity index is 2.44. The quantitative estimate of drug-likeness (QED) is 0.866. The van der Waals surface area contributed by atoms with Gasteiger partial charge in [0.25, 0.3) is 0 Å². The second-order valence-electron chi connectivity index (χ2n) is 6.20. The number of carbonyl (C=O) groups excluding carboxylic acids is 1. The number of carbonyl (C=O) groups is 1. The zero-order chi connectivity index (χ0) is 15.3. The first-order valence-electron chi connectivity index (χ1n) is 6.63. The standard InChI is InChI=1S/C13H25N5OS/c1-10-11(20-16-15-10)7-18(6)12(19)14-8-13(2,3)9-17(4)5/h7-9H2,1-6H3,(H,14,19). The fourth-order valence-corrected chi connectivity index (χ4v) is 2.73. The van der Waals surface area contributed by atoms with E-state index in [0.717, 1.165) is 17.1 Å². The molecule has 0 fully saturated rings. The maximum absolute atomic E-state index is 12.1. The second kappa shape index (κ2) is 6.99. The Morgan fingerprint density at radius 2 is 2.00 bits per heavy atom. The van der Waals surface area contributed by atoms with E-state index in [2.05, 4.69) is 33.7 Å². The Hall–Kier alpha value is -1.21. The highest BCUT2D eigenvalue weighted by atomic mass is 32.1. The minimum Gasteiger partial charge on any atom is -0.337 e. The van der Waals surface area contributed by atoms with Crippen LogP contribution in [0.1, 0.15) is 24.4 Å². The molecular formula is C13H25N5OS. The minimum absolute atomic E-state index is 0.0436. The summed E-state index contributed by atoms with van der Waals surface area (Å²) < 4.78 is 3.88. The fraction of sp³-hybridized carbons (Fsp3) is 0.769. The molecule has 0 aromatic carbocycles. The predicted molar refractivity (Wildman–Crippen MR) is 81.8 cm³/mol. The van der Waals surface area contributed by atoms with Crippen LogP contribution in [-0.2, 0) is 6.54 Å². The monoisotopic (exact) mass is 299 g/mol. The van der Waals surface area contributed by atoms with Crippen LogP contribution in [0.5, 0.6) is 0 Å². The van der Waals surface area contributed by atoms with Gasteiger partial charge in [-0.25, -0.2) is 4.79 Å². The lowest BCUT2D eigenvalue weighted by molar-refractivity contribution is 0.191. The molecule has 1 aromatic heterocycles. The summed E-state index contributed by atoms with van der Waals surface area (Å²) in [5, 5.41) is 6.94. The molecule has 0 unspecified atom stereocenters. The number of urea groups is 1. The van der Waals surface area contributed by atoms with Crippen molar-refractivity contribution in [2.45, 2.75) is 27.3 Å². The molecule has 0 bridgehead atoms. The Labute approximate surface area is 125 Å². The number of nitrogens with one attached hydrogen (secondary N) is 1. The average molecular weight is 299 g/mol. The molecule has 0 atom stereocenters.